The van der Waals surface area contributed by atoms with Gasteiger partial charge in [0.2, 0.25) is 0 Å². The van der Waals surface area contributed by atoms with E-state index >= 15 is 0 Å². The van der Waals surface area contributed by atoms with Crippen molar-refractivity contribution in [3.63, 3.8) is 0 Å². The fourth-order valence-corrected chi connectivity index (χ4v) is 6.06. The zero-order valence-corrected chi connectivity index (χ0v) is 37.5. The van der Waals surface area contributed by atoms with Crippen molar-refractivity contribution in [2.45, 2.75) is 213 Å². The van der Waals surface area contributed by atoms with Gasteiger partial charge in [0.1, 0.15) is 13.2 Å². The summed E-state index contributed by atoms with van der Waals surface area (Å²) in [7, 11) is 0. The number of esters is 3. The molecule has 0 aliphatic rings. The van der Waals surface area contributed by atoms with E-state index in [1.807, 2.05) is 0 Å². The van der Waals surface area contributed by atoms with Crippen LogP contribution in [-0.4, -0.2) is 37.2 Å². The molecule has 0 radical (unpaired) electrons. The van der Waals surface area contributed by atoms with Crippen molar-refractivity contribution in [2.75, 3.05) is 13.2 Å². The van der Waals surface area contributed by atoms with Gasteiger partial charge < -0.3 is 14.2 Å². The van der Waals surface area contributed by atoms with E-state index in [2.05, 4.69) is 106 Å². The Hall–Kier alpha value is -3.41. The first-order chi connectivity index (χ1) is 28.5. The lowest BCUT2D eigenvalue weighted by Gasteiger charge is -2.18. The fraction of sp³-hybridized carbons (Fsp3) is 0.673. The average molecular weight is 807 g/mol. The third-order valence-corrected chi connectivity index (χ3v) is 9.60. The zero-order chi connectivity index (χ0) is 42.3. The molecule has 0 bridgehead atoms. The van der Waals surface area contributed by atoms with E-state index in [0.717, 1.165) is 77.0 Å². The minimum atomic E-state index is -0.819. The van der Waals surface area contributed by atoms with E-state index in [1.54, 1.807) is 0 Å². The molecule has 0 amide bonds. The van der Waals surface area contributed by atoms with Gasteiger partial charge in [-0.25, -0.2) is 0 Å². The van der Waals surface area contributed by atoms with E-state index in [1.165, 1.54) is 77.0 Å². The standard InChI is InChI=1S/C52H86O6/c1-4-7-10-13-16-19-22-24-25-26-27-28-31-33-36-39-42-45-51(54)57-48-49(47-56-50(53)44-41-38-35-32-29-21-18-15-12-9-6-3)58-52(55)46-43-40-37-34-30-23-20-17-14-11-8-5-2/h9,12,17-18,20-21,24-25,27-28,32-33,35-36,49H,4-8,10-11,13-16,19,22-23,26,29-31,34,37-48H2,1-3H3/b12-9-,20-17-,21-18-,25-24-,28-27-,35-32-,36-33-. The zero-order valence-electron chi connectivity index (χ0n) is 37.5. The number of hydrogen-bond donors (Lipinski definition) is 0. The number of unbranched alkanes of at least 4 members (excludes halogenated alkanes) is 16. The number of carbonyl (C=O) groups is 3. The van der Waals surface area contributed by atoms with Gasteiger partial charge in [-0.2, -0.15) is 0 Å². The van der Waals surface area contributed by atoms with Crippen LogP contribution in [0, 0.1) is 0 Å². The van der Waals surface area contributed by atoms with Gasteiger partial charge in [0.25, 0.3) is 0 Å². The molecule has 1 unspecified atom stereocenters. The number of allylic oxidation sites excluding steroid dienone is 14. The van der Waals surface area contributed by atoms with Gasteiger partial charge >= 0.3 is 17.9 Å². The van der Waals surface area contributed by atoms with Crippen molar-refractivity contribution in [3.8, 4) is 0 Å². The molecule has 0 heterocycles. The SMILES string of the molecule is CC/C=C\C/C=C\C/C=C\CCCC(=O)OCC(COC(=O)CCC/C=C\C/C=C\C/C=C\CCCCCCCC)OC(=O)CCCCCCC/C=C\CCCCC. The van der Waals surface area contributed by atoms with E-state index in [4.69, 9.17) is 14.2 Å². The van der Waals surface area contributed by atoms with Gasteiger partial charge in [-0.15, -0.1) is 0 Å². The summed E-state index contributed by atoms with van der Waals surface area (Å²) in [6.07, 6.45) is 58.7. The molecular formula is C52H86O6. The second-order valence-corrected chi connectivity index (χ2v) is 15.3. The van der Waals surface area contributed by atoms with Gasteiger partial charge in [0.05, 0.1) is 0 Å². The first kappa shape index (κ1) is 54.6. The molecule has 0 spiro atoms. The first-order valence-corrected chi connectivity index (χ1v) is 23.6. The summed E-state index contributed by atoms with van der Waals surface area (Å²) in [4.78, 5) is 37.7. The summed E-state index contributed by atoms with van der Waals surface area (Å²) < 4.78 is 16.6. The van der Waals surface area contributed by atoms with Crippen LogP contribution in [-0.2, 0) is 28.6 Å². The fourth-order valence-electron chi connectivity index (χ4n) is 6.06. The van der Waals surface area contributed by atoms with Crippen LogP contribution in [0.1, 0.15) is 207 Å². The minimum absolute atomic E-state index is 0.123. The molecular weight excluding hydrogens is 721 g/mol. The van der Waals surface area contributed by atoms with Crippen LogP contribution in [0.25, 0.3) is 0 Å². The molecule has 0 aromatic rings. The van der Waals surface area contributed by atoms with Crippen molar-refractivity contribution < 1.29 is 28.6 Å². The molecule has 6 heteroatoms. The molecule has 1 atom stereocenters. The third kappa shape index (κ3) is 43.7. The highest BCUT2D eigenvalue weighted by atomic mass is 16.6. The predicted molar refractivity (Wildman–Crippen MR) is 247 cm³/mol. The van der Waals surface area contributed by atoms with E-state index in [0.29, 0.717) is 19.3 Å². The van der Waals surface area contributed by atoms with E-state index < -0.39 is 6.10 Å². The Bertz CT molecular complexity index is 1160. The molecule has 0 aromatic carbocycles. The number of rotatable bonds is 41. The van der Waals surface area contributed by atoms with Crippen LogP contribution in [0.5, 0.6) is 0 Å². The molecule has 0 N–H and O–H groups in total. The summed E-state index contributed by atoms with van der Waals surface area (Å²) in [6.45, 7) is 6.37. The third-order valence-electron chi connectivity index (χ3n) is 9.60. The maximum Gasteiger partial charge on any atom is 0.306 e. The highest BCUT2D eigenvalue weighted by molar-refractivity contribution is 5.71. The van der Waals surface area contributed by atoms with Crippen LogP contribution in [0.3, 0.4) is 0 Å². The van der Waals surface area contributed by atoms with Crippen molar-refractivity contribution in [2.24, 2.45) is 0 Å². The number of ether oxygens (including phenoxy) is 3. The second kappa shape index (κ2) is 46.3. The molecule has 330 valence electrons. The molecule has 0 aliphatic carbocycles. The smallest absolute Gasteiger partial charge is 0.306 e. The predicted octanol–water partition coefficient (Wildman–Crippen LogP) is 15.3. The Morgan fingerprint density at radius 2 is 0.690 bits per heavy atom. The lowest BCUT2D eigenvalue weighted by molar-refractivity contribution is -0.167. The van der Waals surface area contributed by atoms with E-state index in [9.17, 15) is 14.4 Å². The summed E-state index contributed by atoms with van der Waals surface area (Å²) in [5, 5.41) is 0. The maximum atomic E-state index is 12.7. The second-order valence-electron chi connectivity index (χ2n) is 15.3. The summed E-state index contributed by atoms with van der Waals surface area (Å²) in [5.74, 6) is -1.04. The normalized spacial score (nSPS) is 12.8. The molecule has 0 fully saturated rings. The van der Waals surface area contributed by atoms with Crippen LogP contribution in [0.15, 0.2) is 85.1 Å². The number of carbonyl (C=O) groups excluding carboxylic acids is 3. The Kier molecular flexibility index (Phi) is 43.6. The van der Waals surface area contributed by atoms with E-state index in [-0.39, 0.29) is 44.0 Å². The number of hydrogen-bond acceptors (Lipinski definition) is 6. The first-order valence-electron chi connectivity index (χ1n) is 23.6. The molecule has 0 rings (SSSR count). The van der Waals surface area contributed by atoms with Crippen LogP contribution in [0.4, 0.5) is 0 Å². The van der Waals surface area contributed by atoms with Crippen LogP contribution >= 0.6 is 0 Å². The monoisotopic (exact) mass is 807 g/mol. The Morgan fingerprint density at radius 1 is 0.362 bits per heavy atom. The van der Waals surface area contributed by atoms with Crippen molar-refractivity contribution >= 4 is 17.9 Å². The lowest BCUT2D eigenvalue weighted by atomic mass is 10.1. The summed E-state index contributed by atoms with van der Waals surface area (Å²) >= 11 is 0. The molecule has 0 aromatic heterocycles. The van der Waals surface area contributed by atoms with Crippen molar-refractivity contribution in [1.29, 1.82) is 0 Å². The molecule has 0 saturated carbocycles. The lowest BCUT2D eigenvalue weighted by Crippen LogP contribution is -2.30. The van der Waals surface area contributed by atoms with Gasteiger partial charge in [-0.1, -0.05) is 170 Å². The van der Waals surface area contributed by atoms with Crippen LogP contribution in [0.2, 0.25) is 0 Å². The minimum Gasteiger partial charge on any atom is -0.462 e. The average Bonchev–Trinajstić information content (AvgIpc) is 3.22. The largest absolute Gasteiger partial charge is 0.462 e. The Balaban J connectivity index is 4.51. The van der Waals surface area contributed by atoms with Gasteiger partial charge in [0, 0.05) is 19.3 Å². The quantitative estimate of drug-likeness (QED) is 0.0265. The highest BCUT2D eigenvalue weighted by Crippen LogP contribution is 2.12. The Morgan fingerprint density at radius 3 is 1.16 bits per heavy atom. The molecule has 58 heavy (non-hydrogen) atoms. The molecule has 6 nitrogen and oxygen atoms in total. The topological polar surface area (TPSA) is 78.9 Å². The van der Waals surface area contributed by atoms with Gasteiger partial charge in [-0.3, -0.25) is 14.4 Å². The van der Waals surface area contributed by atoms with Gasteiger partial charge in [-0.05, 0) is 103 Å². The molecule has 0 saturated heterocycles. The van der Waals surface area contributed by atoms with Crippen molar-refractivity contribution in [3.05, 3.63) is 85.1 Å². The summed E-state index contributed by atoms with van der Waals surface area (Å²) in [5.41, 5.74) is 0. The Labute approximate surface area is 356 Å². The molecule has 0 aliphatic heterocycles. The van der Waals surface area contributed by atoms with Crippen molar-refractivity contribution in [1.82, 2.24) is 0 Å². The van der Waals surface area contributed by atoms with Gasteiger partial charge in [0.15, 0.2) is 6.10 Å². The van der Waals surface area contributed by atoms with Crippen LogP contribution < -0.4 is 0 Å². The summed E-state index contributed by atoms with van der Waals surface area (Å²) in [6, 6.07) is 0. The highest BCUT2D eigenvalue weighted by Gasteiger charge is 2.19. The maximum absolute atomic E-state index is 12.7.